The lowest BCUT2D eigenvalue weighted by Gasteiger charge is -2.59. The molecule has 9 nitrogen and oxygen atoms in total. The molecule has 3 fully saturated rings. The molecule has 1 N–H and O–H groups in total. The molecule has 0 bridgehead atoms. The summed E-state index contributed by atoms with van der Waals surface area (Å²) in [7, 11) is 1.17. The molecule has 0 spiro atoms. The Morgan fingerprint density at radius 3 is 2.59 bits per heavy atom. The van der Waals surface area contributed by atoms with Crippen molar-refractivity contribution >= 4 is 23.9 Å². The summed E-state index contributed by atoms with van der Waals surface area (Å²) < 4.78 is 20.8. The average molecular weight is 519 g/mol. The minimum absolute atomic E-state index is 0.0361. The number of ketones is 2. The first-order valence-corrected chi connectivity index (χ1v) is 13.2. The molecule has 0 amide bonds. The molecule has 0 radical (unpaired) electrons. The quantitative estimate of drug-likeness (QED) is 0.512. The van der Waals surface area contributed by atoms with E-state index >= 15 is 0 Å². The number of methoxy groups -OCH3 is 1. The Morgan fingerprint density at radius 1 is 1.19 bits per heavy atom. The fourth-order valence-electron chi connectivity index (χ4n) is 7.70. The minimum Gasteiger partial charge on any atom is -0.438 e. The second-order valence-corrected chi connectivity index (χ2v) is 11.4. The summed E-state index contributed by atoms with van der Waals surface area (Å²) in [6.45, 7) is 6.91. The predicted molar refractivity (Wildman–Crippen MR) is 131 cm³/mol. The average Bonchev–Trinajstić information content (AvgIpc) is 3.14. The van der Waals surface area contributed by atoms with Crippen LogP contribution in [-0.2, 0) is 28.5 Å². The molecule has 0 aromatic heterocycles. The lowest BCUT2D eigenvalue weighted by molar-refractivity contribution is -0.183. The van der Waals surface area contributed by atoms with E-state index in [0.717, 1.165) is 18.4 Å². The van der Waals surface area contributed by atoms with E-state index in [-0.39, 0.29) is 42.5 Å². The second kappa shape index (κ2) is 9.89. The Labute approximate surface area is 217 Å². The van der Waals surface area contributed by atoms with Gasteiger partial charge in [-0.2, -0.15) is 0 Å². The van der Waals surface area contributed by atoms with Crippen LogP contribution in [0.1, 0.15) is 66.2 Å². The summed E-state index contributed by atoms with van der Waals surface area (Å²) in [5.41, 5.74) is -1.96. The van der Waals surface area contributed by atoms with Gasteiger partial charge in [0.05, 0.1) is 13.2 Å². The van der Waals surface area contributed by atoms with Gasteiger partial charge in [-0.05, 0) is 69.4 Å². The third kappa shape index (κ3) is 4.39. The molecule has 3 saturated carbocycles. The van der Waals surface area contributed by atoms with Crippen molar-refractivity contribution in [3.05, 3.63) is 23.8 Å². The standard InChI is InChI=1S/C28H38O9/c1-6-16(2)36-25(33)35-15-22(31)28(37-24(32)34-5)12-10-20-19-8-7-17-13-18(29)9-11-26(17,3)23(19)21(30)14-27(20,28)4/h9,11,13,16,19-21,23,30H,6-8,10,12,14-15H2,1-5H3/t16?,19-,20-,21?,23+,26-,27-,28-/m0/s1. The van der Waals surface area contributed by atoms with Crippen LogP contribution >= 0.6 is 0 Å². The number of allylic oxidation sites excluding steroid dienone is 4. The van der Waals surface area contributed by atoms with Gasteiger partial charge in [-0.1, -0.05) is 32.4 Å². The molecule has 204 valence electrons. The van der Waals surface area contributed by atoms with Crippen molar-refractivity contribution in [2.75, 3.05) is 13.7 Å². The van der Waals surface area contributed by atoms with E-state index in [9.17, 15) is 24.3 Å². The Kier molecular flexibility index (Phi) is 7.31. The smallest absolute Gasteiger partial charge is 0.438 e. The maximum absolute atomic E-state index is 13.7. The van der Waals surface area contributed by atoms with Gasteiger partial charge in [0.15, 0.2) is 18.0 Å². The lowest BCUT2D eigenvalue weighted by Crippen LogP contribution is -2.63. The van der Waals surface area contributed by atoms with Crippen LogP contribution < -0.4 is 0 Å². The van der Waals surface area contributed by atoms with E-state index in [2.05, 4.69) is 6.92 Å². The van der Waals surface area contributed by atoms with Gasteiger partial charge in [0.2, 0.25) is 5.78 Å². The number of carbonyl (C=O) groups excluding carboxylic acids is 4. The van der Waals surface area contributed by atoms with Gasteiger partial charge in [0.25, 0.3) is 0 Å². The normalized spacial score (nSPS) is 38.9. The van der Waals surface area contributed by atoms with Gasteiger partial charge in [-0.15, -0.1) is 0 Å². The summed E-state index contributed by atoms with van der Waals surface area (Å²) in [5, 5.41) is 11.6. The molecule has 37 heavy (non-hydrogen) atoms. The maximum Gasteiger partial charge on any atom is 0.509 e. The number of hydrogen-bond acceptors (Lipinski definition) is 9. The molecular formula is C28H38O9. The summed E-state index contributed by atoms with van der Waals surface area (Å²) in [6, 6.07) is 0. The third-order valence-corrected chi connectivity index (χ3v) is 9.68. The van der Waals surface area contributed by atoms with Crippen LogP contribution in [0.5, 0.6) is 0 Å². The highest BCUT2D eigenvalue weighted by Crippen LogP contribution is 2.67. The third-order valence-electron chi connectivity index (χ3n) is 9.68. The van der Waals surface area contributed by atoms with Crippen LogP contribution in [0.4, 0.5) is 9.59 Å². The molecule has 8 atom stereocenters. The first-order valence-electron chi connectivity index (χ1n) is 13.2. The van der Waals surface area contributed by atoms with E-state index in [1.54, 1.807) is 19.1 Å². The minimum atomic E-state index is -1.62. The van der Waals surface area contributed by atoms with Crippen LogP contribution in [0.15, 0.2) is 23.8 Å². The molecule has 4 rings (SSSR count). The molecule has 4 aliphatic rings. The second-order valence-electron chi connectivity index (χ2n) is 11.4. The van der Waals surface area contributed by atoms with Gasteiger partial charge >= 0.3 is 12.3 Å². The lowest BCUT2D eigenvalue weighted by atomic mass is 9.46. The number of Topliss-reactive ketones (excluding diaryl/α,β-unsaturated/α-hetero) is 1. The monoisotopic (exact) mass is 518 g/mol. The van der Waals surface area contributed by atoms with E-state index in [1.807, 2.05) is 19.9 Å². The van der Waals surface area contributed by atoms with Crippen LogP contribution in [0.2, 0.25) is 0 Å². The molecule has 0 aromatic rings. The topological polar surface area (TPSA) is 125 Å². The van der Waals surface area contributed by atoms with Crippen LogP contribution in [0, 0.1) is 28.6 Å². The Bertz CT molecular complexity index is 1030. The zero-order chi connectivity index (χ0) is 27.2. The molecule has 2 unspecified atom stereocenters. The van der Waals surface area contributed by atoms with Gasteiger partial charge in [0, 0.05) is 16.7 Å². The van der Waals surface area contributed by atoms with Gasteiger partial charge < -0.3 is 24.1 Å². The van der Waals surface area contributed by atoms with Crippen molar-refractivity contribution in [3.63, 3.8) is 0 Å². The van der Waals surface area contributed by atoms with E-state index in [4.69, 9.17) is 18.9 Å². The maximum atomic E-state index is 13.7. The first kappa shape index (κ1) is 27.4. The number of aliphatic hydroxyl groups excluding tert-OH is 1. The van der Waals surface area contributed by atoms with Crippen molar-refractivity contribution in [3.8, 4) is 0 Å². The van der Waals surface area contributed by atoms with Crippen molar-refractivity contribution in [1.29, 1.82) is 0 Å². The summed E-state index contributed by atoms with van der Waals surface area (Å²) in [4.78, 5) is 50.3. The Hall–Kier alpha value is -2.68. The zero-order valence-electron chi connectivity index (χ0n) is 22.3. The van der Waals surface area contributed by atoms with Crippen LogP contribution in [0.25, 0.3) is 0 Å². The number of rotatable bonds is 6. The van der Waals surface area contributed by atoms with Gasteiger partial charge in [-0.25, -0.2) is 9.59 Å². The number of fused-ring (bicyclic) bond motifs is 5. The van der Waals surface area contributed by atoms with Crippen molar-refractivity contribution in [2.24, 2.45) is 28.6 Å². The SMILES string of the molecule is CCC(C)OC(=O)OCC(=O)[C@@]1(OC(=O)OC)CC[C@H]2[C@@H]3CCC4=CC(=O)C=C[C@]4(C)[C@H]3C(O)C[C@@]21C. The summed E-state index contributed by atoms with van der Waals surface area (Å²) >= 11 is 0. The van der Waals surface area contributed by atoms with Gasteiger partial charge in [0.1, 0.15) is 6.10 Å². The van der Waals surface area contributed by atoms with Crippen molar-refractivity contribution in [2.45, 2.75) is 84.0 Å². The van der Waals surface area contributed by atoms with Crippen molar-refractivity contribution < 1.29 is 43.2 Å². The molecule has 0 aromatic carbocycles. The van der Waals surface area contributed by atoms with Crippen molar-refractivity contribution in [1.82, 2.24) is 0 Å². The molecular weight excluding hydrogens is 480 g/mol. The summed E-state index contributed by atoms with van der Waals surface area (Å²) in [6.07, 6.45) is 5.17. The molecule has 0 aliphatic heterocycles. The van der Waals surface area contributed by atoms with Crippen LogP contribution in [-0.4, -0.2) is 60.5 Å². The first-order chi connectivity index (χ1) is 17.4. The highest BCUT2D eigenvalue weighted by atomic mass is 16.7. The van der Waals surface area contributed by atoms with Gasteiger partial charge in [-0.3, -0.25) is 9.59 Å². The molecule has 4 aliphatic carbocycles. The summed E-state index contributed by atoms with van der Waals surface area (Å²) in [5.74, 6) is -0.724. The Morgan fingerprint density at radius 2 is 1.92 bits per heavy atom. The number of hydrogen-bond donors (Lipinski definition) is 1. The molecule has 0 heterocycles. The Balaban J connectivity index is 1.64. The number of ether oxygens (including phenoxy) is 4. The predicted octanol–water partition coefficient (Wildman–Crippen LogP) is 4.31. The highest BCUT2D eigenvalue weighted by molar-refractivity contribution is 6.01. The molecule has 9 heteroatoms. The molecule has 0 saturated heterocycles. The highest BCUT2D eigenvalue weighted by Gasteiger charge is 2.70. The van der Waals surface area contributed by atoms with E-state index in [1.165, 1.54) is 7.11 Å². The zero-order valence-corrected chi connectivity index (χ0v) is 22.3. The fraction of sp³-hybridized carbons (Fsp3) is 0.714. The number of aliphatic hydroxyl groups is 1. The van der Waals surface area contributed by atoms with E-state index < -0.39 is 47.2 Å². The van der Waals surface area contributed by atoms with Crippen LogP contribution in [0.3, 0.4) is 0 Å². The van der Waals surface area contributed by atoms with E-state index in [0.29, 0.717) is 12.8 Å². The largest absolute Gasteiger partial charge is 0.509 e. The fourth-order valence-corrected chi connectivity index (χ4v) is 7.70. The number of carbonyl (C=O) groups is 4.